The molecule has 14 heavy (non-hydrogen) atoms. The molecule has 1 unspecified atom stereocenters. The van der Waals surface area contributed by atoms with Crippen molar-refractivity contribution in [3.63, 3.8) is 0 Å². The van der Waals surface area contributed by atoms with Crippen LogP contribution >= 0.6 is 0 Å². The number of nitrogens with one attached hydrogen (secondary N) is 1. The van der Waals surface area contributed by atoms with Gasteiger partial charge in [0, 0.05) is 13.7 Å². The second-order valence-corrected chi connectivity index (χ2v) is 4.40. The second kappa shape index (κ2) is 5.32. The smallest absolute Gasteiger partial charge is 0.320 e. The lowest BCUT2D eigenvalue weighted by Crippen LogP contribution is -2.47. The van der Waals surface area contributed by atoms with Crippen LogP contribution in [-0.4, -0.2) is 36.4 Å². The molecule has 0 aliphatic heterocycles. The van der Waals surface area contributed by atoms with Gasteiger partial charge in [0.2, 0.25) is 0 Å². The summed E-state index contributed by atoms with van der Waals surface area (Å²) >= 11 is 0. The normalized spacial score (nSPS) is 14.4. The molecule has 0 aromatic heterocycles. The van der Waals surface area contributed by atoms with Crippen LogP contribution in [-0.2, 0) is 9.53 Å². The van der Waals surface area contributed by atoms with E-state index in [4.69, 9.17) is 9.84 Å². The molecule has 4 nitrogen and oxygen atoms in total. The molecule has 0 fully saturated rings. The number of hydrogen-bond acceptors (Lipinski definition) is 3. The molecule has 2 N–H and O–H groups in total. The largest absolute Gasteiger partial charge is 0.480 e. The lowest BCUT2D eigenvalue weighted by Gasteiger charge is -2.27. The molecule has 0 aliphatic carbocycles. The molecule has 0 saturated heterocycles. The van der Waals surface area contributed by atoms with Crippen molar-refractivity contribution in [2.75, 3.05) is 13.7 Å². The van der Waals surface area contributed by atoms with Gasteiger partial charge in [0.15, 0.2) is 0 Å². The summed E-state index contributed by atoms with van der Waals surface area (Å²) in [6.07, 6.45) is 0. The third-order valence-electron chi connectivity index (χ3n) is 2.23. The van der Waals surface area contributed by atoms with Crippen molar-refractivity contribution in [2.45, 2.75) is 39.3 Å². The maximum absolute atomic E-state index is 10.8. The number of carbonyl (C=O) groups is 1. The molecule has 1 atom stereocenters. The SMILES string of the molecule is COC(C)(C)CNC(C(=O)O)C(C)C. The molecule has 0 rings (SSSR count). The van der Waals surface area contributed by atoms with Gasteiger partial charge < -0.3 is 15.2 Å². The molecule has 0 amide bonds. The van der Waals surface area contributed by atoms with E-state index in [1.54, 1.807) is 7.11 Å². The zero-order valence-corrected chi connectivity index (χ0v) is 9.63. The highest BCUT2D eigenvalue weighted by molar-refractivity contribution is 5.73. The molecule has 0 spiro atoms. The Morgan fingerprint density at radius 3 is 2.29 bits per heavy atom. The summed E-state index contributed by atoms with van der Waals surface area (Å²) in [7, 11) is 1.62. The Kier molecular flexibility index (Phi) is 5.08. The van der Waals surface area contributed by atoms with E-state index in [9.17, 15) is 4.79 Å². The number of aliphatic carboxylic acids is 1. The van der Waals surface area contributed by atoms with Gasteiger partial charge in [0.1, 0.15) is 6.04 Å². The zero-order chi connectivity index (χ0) is 11.4. The molecule has 0 radical (unpaired) electrons. The van der Waals surface area contributed by atoms with Crippen LogP contribution in [0.25, 0.3) is 0 Å². The first-order valence-electron chi connectivity index (χ1n) is 4.81. The van der Waals surface area contributed by atoms with Crippen LogP contribution in [0.3, 0.4) is 0 Å². The average Bonchev–Trinajstić information content (AvgIpc) is 2.03. The molecule has 4 heteroatoms. The van der Waals surface area contributed by atoms with Gasteiger partial charge in [-0.2, -0.15) is 0 Å². The average molecular weight is 203 g/mol. The zero-order valence-electron chi connectivity index (χ0n) is 9.63. The van der Waals surface area contributed by atoms with Crippen molar-refractivity contribution in [3.05, 3.63) is 0 Å². The van der Waals surface area contributed by atoms with Gasteiger partial charge in [-0.1, -0.05) is 13.8 Å². The van der Waals surface area contributed by atoms with Gasteiger partial charge >= 0.3 is 5.97 Å². The van der Waals surface area contributed by atoms with Gasteiger partial charge in [-0.3, -0.25) is 4.79 Å². The minimum Gasteiger partial charge on any atom is -0.480 e. The summed E-state index contributed by atoms with van der Waals surface area (Å²) in [5, 5.41) is 11.9. The van der Waals surface area contributed by atoms with E-state index in [1.807, 2.05) is 27.7 Å². The topological polar surface area (TPSA) is 58.6 Å². The van der Waals surface area contributed by atoms with E-state index in [-0.39, 0.29) is 11.5 Å². The Balaban J connectivity index is 4.14. The molecule has 0 saturated carbocycles. The fourth-order valence-electron chi connectivity index (χ4n) is 1.04. The van der Waals surface area contributed by atoms with Crippen LogP contribution in [0.1, 0.15) is 27.7 Å². The van der Waals surface area contributed by atoms with Crippen molar-refractivity contribution in [2.24, 2.45) is 5.92 Å². The van der Waals surface area contributed by atoms with Gasteiger partial charge in [0.25, 0.3) is 0 Å². The Bertz CT molecular complexity index is 190. The Labute approximate surface area is 85.6 Å². The molecule has 0 heterocycles. The standard InChI is InChI=1S/C10H21NO3/c1-7(2)8(9(12)13)11-6-10(3,4)14-5/h7-8,11H,6H2,1-5H3,(H,12,13). The molecule has 84 valence electrons. The highest BCUT2D eigenvalue weighted by Crippen LogP contribution is 2.08. The maximum Gasteiger partial charge on any atom is 0.320 e. The van der Waals surface area contributed by atoms with E-state index in [1.165, 1.54) is 0 Å². The quantitative estimate of drug-likeness (QED) is 0.679. The lowest BCUT2D eigenvalue weighted by atomic mass is 10.0. The monoisotopic (exact) mass is 203 g/mol. The van der Waals surface area contributed by atoms with Crippen LogP contribution in [0, 0.1) is 5.92 Å². The number of rotatable bonds is 6. The molecule has 0 bridgehead atoms. The summed E-state index contributed by atoms with van der Waals surface area (Å²) in [6.45, 7) is 8.12. The fourth-order valence-corrected chi connectivity index (χ4v) is 1.04. The van der Waals surface area contributed by atoms with Gasteiger partial charge in [-0.05, 0) is 19.8 Å². The summed E-state index contributed by atoms with van der Waals surface area (Å²) in [6, 6.07) is -0.510. The Morgan fingerprint density at radius 2 is 2.00 bits per heavy atom. The van der Waals surface area contributed by atoms with Crippen molar-refractivity contribution in [3.8, 4) is 0 Å². The van der Waals surface area contributed by atoms with Crippen LogP contribution in [0.4, 0.5) is 0 Å². The number of carboxylic acids is 1. The first-order valence-corrected chi connectivity index (χ1v) is 4.81. The highest BCUT2D eigenvalue weighted by atomic mass is 16.5. The molecule has 0 aromatic rings. The lowest BCUT2D eigenvalue weighted by molar-refractivity contribution is -0.141. The number of hydrogen-bond donors (Lipinski definition) is 2. The van der Waals surface area contributed by atoms with Crippen LogP contribution in [0.5, 0.6) is 0 Å². The Morgan fingerprint density at radius 1 is 1.50 bits per heavy atom. The van der Waals surface area contributed by atoms with Crippen molar-refractivity contribution in [1.82, 2.24) is 5.32 Å². The predicted molar refractivity (Wildman–Crippen MR) is 55.4 cm³/mol. The summed E-state index contributed by atoms with van der Waals surface area (Å²) in [5.41, 5.74) is -0.331. The second-order valence-electron chi connectivity index (χ2n) is 4.40. The summed E-state index contributed by atoms with van der Waals surface area (Å²) in [4.78, 5) is 10.8. The minimum atomic E-state index is -0.813. The number of ether oxygens (including phenoxy) is 1. The molecular weight excluding hydrogens is 182 g/mol. The number of methoxy groups -OCH3 is 1. The predicted octanol–water partition coefficient (Wildman–Crippen LogP) is 1.11. The van der Waals surface area contributed by atoms with E-state index in [0.717, 1.165) is 0 Å². The van der Waals surface area contributed by atoms with E-state index < -0.39 is 12.0 Å². The third kappa shape index (κ3) is 4.58. The fraction of sp³-hybridized carbons (Fsp3) is 0.900. The molecular formula is C10H21NO3. The van der Waals surface area contributed by atoms with Crippen LogP contribution in [0.2, 0.25) is 0 Å². The van der Waals surface area contributed by atoms with E-state index >= 15 is 0 Å². The first-order chi connectivity index (χ1) is 6.30. The van der Waals surface area contributed by atoms with Crippen LogP contribution in [0.15, 0.2) is 0 Å². The number of carboxylic acid groups (broad SMARTS) is 1. The molecule has 0 aliphatic rings. The van der Waals surface area contributed by atoms with Crippen molar-refractivity contribution < 1.29 is 14.6 Å². The van der Waals surface area contributed by atoms with Crippen LogP contribution < -0.4 is 5.32 Å². The van der Waals surface area contributed by atoms with Crippen molar-refractivity contribution in [1.29, 1.82) is 0 Å². The third-order valence-corrected chi connectivity index (χ3v) is 2.23. The van der Waals surface area contributed by atoms with Crippen molar-refractivity contribution >= 4 is 5.97 Å². The van der Waals surface area contributed by atoms with Gasteiger partial charge in [-0.15, -0.1) is 0 Å². The van der Waals surface area contributed by atoms with E-state index in [0.29, 0.717) is 6.54 Å². The summed E-state index contributed by atoms with van der Waals surface area (Å²) in [5.74, 6) is -0.743. The minimum absolute atomic E-state index is 0.0696. The molecule has 0 aromatic carbocycles. The highest BCUT2D eigenvalue weighted by Gasteiger charge is 2.24. The first kappa shape index (κ1) is 13.4. The Hall–Kier alpha value is -0.610. The summed E-state index contributed by atoms with van der Waals surface area (Å²) < 4.78 is 5.19. The maximum atomic E-state index is 10.8. The van der Waals surface area contributed by atoms with E-state index in [2.05, 4.69) is 5.32 Å². The van der Waals surface area contributed by atoms with Gasteiger partial charge in [0.05, 0.1) is 5.60 Å². The van der Waals surface area contributed by atoms with Gasteiger partial charge in [-0.25, -0.2) is 0 Å².